The Morgan fingerprint density at radius 2 is 1.71 bits per heavy atom. The number of methoxy groups -OCH3 is 2. The fourth-order valence-corrected chi connectivity index (χ4v) is 4.22. The molecule has 0 atom stereocenters. The summed E-state index contributed by atoms with van der Waals surface area (Å²) in [6, 6.07) is 2.63. The van der Waals surface area contributed by atoms with Crippen molar-refractivity contribution in [3.63, 3.8) is 0 Å². The quantitative estimate of drug-likeness (QED) is 0.167. The maximum Gasteiger partial charge on any atom is 0.328 e. The third kappa shape index (κ3) is 6.96. The van der Waals surface area contributed by atoms with E-state index in [1.165, 1.54) is 31.3 Å². The number of ether oxygens (including phenoxy) is 3. The van der Waals surface area contributed by atoms with Gasteiger partial charge in [0.15, 0.2) is 11.6 Å². The second-order valence-electron chi connectivity index (χ2n) is 8.57. The summed E-state index contributed by atoms with van der Waals surface area (Å²) in [6.07, 6.45) is 2.31. The van der Waals surface area contributed by atoms with E-state index in [0.29, 0.717) is 38.8 Å². The SMILES string of the molecule is COCCN(C)CCOc1ccc(CN(C(=O)CC=O)N(C)C2(C(=O)OC)CCCC2)c(F)c1F. The zero-order chi connectivity index (χ0) is 26.0. The van der Waals surface area contributed by atoms with Crippen LogP contribution < -0.4 is 4.74 Å². The number of hydrogen-bond acceptors (Lipinski definition) is 8. The van der Waals surface area contributed by atoms with Crippen molar-refractivity contribution >= 4 is 18.2 Å². The van der Waals surface area contributed by atoms with E-state index in [-0.39, 0.29) is 24.5 Å². The van der Waals surface area contributed by atoms with Crippen molar-refractivity contribution in [2.75, 3.05) is 54.6 Å². The zero-order valence-electron chi connectivity index (χ0n) is 20.9. The second-order valence-corrected chi connectivity index (χ2v) is 8.57. The van der Waals surface area contributed by atoms with Crippen LogP contribution in [-0.2, 0) is 30.4 Å². The lowest BCUT2D eigenvalue weighted by Gasteiger charge is -2.43. The minimum Gasteiger partial charge on any atom is -0.489 e. The highest BCUT2D eigenvalue weighted by Crippen LogP contribution is 2.37. The number of esters is 1. The molecule has 1 saturated carbocycles. The highest BCUT2D eigenvalue weighted by atomic mass is 19.2. The van der Waals surface area contributed by atoms with E-state index in [0.717, 1.165) is 17.9 Å². The second kappa shape index (κ2) is 13.5. The summed E-state index contributed by atoms with van der Waals surface area (Å²) in [5.41, 5.74) is -1.24. The number of hydrazine groups is 1. The summed E-state index contributed by atoms with van der Waals surface area (Å²) in [7, 11) is 6.24. The Labute approximate surface area is 204 Å². The lowest BCUT2D eigenvalue weighted by Crippen LogP contribution is -2.60. The van der Waals surface area contributed by atoms with Crippen LogP contribution in [0.15, 0.2) is 12.1 Å². The molecule has 11 heteroatoms. The van der Waals surface area contributed by atoms with Gasteiger partial charge < -0.3 is 23.9 Å². The summed E-state index contributed by atoms with van der Waals surface area (Å²) in [4.78, 5) is 38.4. The molecule has 0 radical (unpaired) electrons. The first-order valence-electron chi connectivity index (χ1n) is 11.5. The lowest BCUT2D eigenvalue weighted by atomic mass is 9.97. The van der Waals surface area contributed by atoms with E-state index in [4.69, 9.17) is 14.2 Å². The molecule has 0 aliphatic heterocycles. The van der Waals surface area contributed by atoms with Gasteiger partial charge in [-0.25, -0.2) is 14.2 Å². The summed E-state index contributed by atoms with van der Waals surface area (Å²) in [5.74, 6) is -3.74. The number of hydrogen-bond donors (Lipinski definition) is 0. The summed E-state index contributed by atoms with van der Waals surface area (Å²) >= 11 is 0. The highest BCUT2D eigenvalue weighted by molar-refractivity contribution is 5.88. The molecule has 0 N–H and O–H groups in total. The summed E-state index contributed by atoms with van der Waals surface area (Å²) < 4.78 is 45.1. The van der Waals surface area contributed by atoms with Crippen molar-refractivity contribution in [2.45, 2.75) is 44.2 Å². The van der Waals surface area contributed by atoms with Crippen molar-refractivity contribution in [1.82, 2.24) is 14.9 Å². The van der Waals surface area contributed by atoms with E-state index >= 15 is 0 Å². The predicted molar refractivity (Wildman–Crippen MR) is 123 cm³/mol. The van der Waals surface area contributed by atoms with Gasteiger partial charge >= 0.3 is 5.97 Å². The number of amides is 1. The predicted octanol–water partition coefficient (Wildman–Crippen LogP) is 2.17. The van der Waals surface area contributed by atoms with Gasteiger partial charge in [-0.3, -0.25) is 9.80 Å². The summed E-state index contributed by atoms with van der Waals surface area (Å²) in [6.45, 7) is 1.47. The lowest BCUT2D eigenvalue weighted by molar-refractivity contribution is -0.178. The minimum absolute atomic E-state index is 0.115. The van der Waals surface area contributed by atoms with E-state index in [1.807, 2.05) is 11.9 Å². The maximum atomic E-state index is 15.0. The van der Waals surface area contributed by atoms with Gasteiger partial charge in [0.1, 0.15) is 18.4 Å². The third-order valence-corrected chi connectivity index (χ3v) is 6.38. The molecule has 196 valence electrons. The molecule has 2 rings (SSSR count). The first-order valence-corrected chi connectivity index (χ1v) is 11.5. The number of carbonyl (C=O) groups excluding carboxylic acids is 3. The molecule has 0 saturated heterocycles. The van der Waals surface area contributed by atoms with Gasteiger partial charge in [-0.05, 0) is 26.0 Å². The summed E-state index contributed by atoms with van der Waals surface area (Å²) in [5, 5.41) is 2.52. The van der Waals surface area contributed by atoms with Crippen LogP contribution in [0.3, 0.4) is 0 Å². The molecule has 0 unspecified atom stereocenters. The van der Waals surface area contributed by atoms with Crippen LogP contribution in [0.25, 0.3) is 0 Å². The Kier molecular flexibility index (Phi) is 11.0. The molecule has 1 fully saturated rings. The Bertz CT molecular complexity index is 879. The fourth-order valence-electron chi connectivity index (χ4n) is 4.22. The largest absolute Gasteiger partial charge is 0.489 e. The number of carbonyl (C=O) groups is 3. The van der Waals surface area contributed by atoms with Crippen LogP contribution in [-0.4, -0.2) is 93.2 Å². The molecule has 1 amide bonds. The zero-order valence-corrected chi connectivity index (χ0v) is 20.9. The molecular weight excluding hydrogens is 464 g/mol. The van der Waals surface area contributed by atoms with Gasteiger partial charge in [0.2, 0.25) is 11.7 Å². The molecule has 1 aromatic carbocycles. The Morgan fingerprint density at radius 1 is 1.06 bits per heavy atom. The Balaban J connectivity index is 2.22. The van der Waals surface area contributed by atoms with E-state index < -0.39 is 35.5 Å². The fraction of sp³-hybridized carbons (Fsp3) is 0.625. The van der Waals surface area contributed by atoms with Crippen LogP contribution in [0.5, 0.6) is 5.75 Å². The van der Waals surface area contributed by atoms with Crippen molar-refractivity contribution < 1.29 is 37.4 Å². The van der Waals surface area contributed by atoms with E-state index in [2.05, 4.69) is 0 Å². The number of nitrogens with zero attached hydrogens (tertiary/aromatic N) is 3. The van der Waals surface area contributed by atoms with Gasteiger partial charge in [-0.1, -0.05) is 18.9 Å². The number of likely N-dealkylation sites (N-methyl/N-ethyl adjacent to an activating group) is 2. The van der Waals surface area contributed by atoms with Gasteiger partial charge in [-0.2, -0.15) is 4.39 Å². The molecule has 35 heavy (non-hydrogen) atoms. The van der Waals surface area contributed by atoms with Gasteiger partial charge in [-0.15, -0.1) is 0 Å². The van der Waals surface area contributed by atoms with Crippen LogP contribution >= 0.6 is 0 Å². The molecule has 9 nitrogen and oxygen atoms in total. The molecular formula is C24H35F2N3O6. The number of rotatable bonds is 14. The number of aldehydes is 1. The molecule has 0 bridgehead atoms. The van der Waals surface area contributed by atoms with Gasteiger partial charge in [0, 0.05) is 32.8 Å². The van der Waals surface area contributed by atoms with Crippen molar-refractivity contribution in [3.8, 4) is 5.75 Å². The highest BCUT2D eigenvalue weighted by Gasteiger charge is 2.49. The Morgan fingerprint density at radius 3 is 2.31 bits per heavy atom. The first-order chi connectivity index (χ1) is 16.7. The van der Waals surface area contributed by atoms with Crippen LogP contribution in [0.2, 0.25) is 0 Å². The van der Waals surface area contributed by atoms with E-state index in [9.17, 15) is 23.2 Å². The number of benzene rings is 1. The first kappa shape index (κ1) is 28.6. The normalized spacial score (nSPS) is 14.9. The van der Waals surface area contributed by atoms with Crippen LogP contribution in [0.1, 0.15) is 37.7 Å². The van der Waals surface area contributed by atoms with Crippen molar-refractivity contribution in [3.05, 3.63) is 29.3 Å². The van der Waals surface area contributed by atoms with Crippen LogP contribution in [0, 0.1) is 11.6 Å². The minimum atomic E-state index is -1.17. The smallest absolute Gasteiger partial charge is 0.328 e. The van der Waals surface area contributed by atoms with Gasteiger partial charge in [0.05, 0.1) is 26.7 Å². The molecule has 1 aliphatic carbocycles. The average molecular weight is 500 g/mol. The third-order valence-electron chi connectivity index (χ3n) is 6.38. The molecule has 1 aromatic rings. The standard InChI is InChI=1S/C24H35F2N3O6/c1-27(12-15-33-3)13-16-35-19-8-7-18(21(25)22(19)26)17-29(20(31)9-14-30)28(2)24(23(32)34-4)10-5-6-11-24/h7-8,14H,5-6,9-13,15-17H2,1-4H3. The molecule has 0 spiro atoms. The maximum absolute atomic E-state index is 15.0. The number of halogens is 2. The molecule has 1 aliphatic rings. The average Bonchev–Trinajstić information content (AvgIpc) is 3.35. The molecule has 0 heterocycles. The Hall–Kier alpha value is -2.63. The van der Waals surface area contributed by atoms with Gasteiger partial charge in [0.25, 0.3) is 0 Å². The van der Waals surface area contributed by atoms with E-state index in [1.54, 1.807) is 7.11 Å². The molecule has 0 aromatic heterocycles. The van der Waals surface area contributed by atoms with Crippen LogP contribution in [0.4, 0.5) is 8.78 Å². The van der Waals surface area contributed by atoms with Crippen molar-refractivity contribution in [2.24, 2.45) is 0 Å². The monoisotopic (exact) mass is 499 g/mol. The topological polar surface area (TPSA) is 88.6 Å². The van der Waals surface area contributed by atoms with Crippen molar-refractivity contribution in [1.29, 1.82) is 0 Å².